The van der Waals surface area contributed by atoms with Crippen LogP contribution in [0.5, 0.6) is 0 Å². The van der Waals surface area contributed by atoms with Gasteiger partial charge in [0.2, 0.25) is 11.8 Å². The lowest BCUT2D eigenvalue weighted by molar-refractivity contribution is -0.127. The van der Waals surface area contributed by atoms with E-state index in [0.717, 1.165) is 28.1 Å². The normalized spacial score (nSPS) is 17.6. The molecule has 1 atom stereocenters. The molecule has 0 aromatic heterocycles. The van der Waals surface area contributed by atoms with Gasteiger partial charge in [-0.05, 0) is 43.5 Å². The van der Waals surface area contributed by atoms with Crippen LogP contribution >= 0.6 is 11.8 Å². The summed E-state index contributed by atoms with van der Waals surface area (Å²) in [6.07, 6.45) is 1.77. The molecule has 5 nitrogen and oxygen atoms in total. The molecule has 3 rings (SSSR count). The maximum atomic E-state index is 12.9. The maximum Gasteiger partial charge on any atom is 0.242 e. The number of amides is 2. The number of aryl methyl sites for hydroxylation is 3. The molecule has 1 fully saturated rings. The zero-order valence-corrected chi connectivity index (χ0v) is 17.8. The summed E-state index contributed by atoms with van der Waals surface area (Å²) in [5, 5.41) is 3.07. The molecule has 0 aliphatic carbocycles. The van der Waals surface area contributed by atoms with Crippen LogP contribution in [0.25, 0.3) is 0 Å². The van der Waals surface area contributed by atoms with E-state index in [1.807, 2.05) is 63.2 Å². The van der Waals surface area contributed by atoms with Gasteiger partial charge in [-0.15, -0.1) is 6.58 Å². The second kappa shape index (κ2) is 9.09. The molecule has 6 heteroatoms. The van der Waals surface area contributed by atoms with Crippen molar-refractivity contribution >= 4 is 40.1 Å². The van der Waals surface area contributed by atoms with Crippen LogP contribution in [-0.2, 0) is 9.59 Å². The number of carbonyl (C=O) groups is 2. The molecular weight excluding hydrogens is 382 g/mol. The minimum absolute atomic E-state index is 0.0949. The number of anilines is 1. The Morgan fingerprint density at radius 2 is 1.79 bits per heavy atom. The van der Waals surface area contributed by atoms with Crippen molar-refractivity contribution in [2.45, 2.75) is 32.4 Å². The highest BCUT2D eigenvalue weighted by molar-refractivity contribution is 8.15. The van der Waals surface area contributed by atoms with Gasteiger partial charge < -0.3 is 5.32 Å². The SMILES string of the molecule is C=CCN1C(=O)[C@@H](CC(=O)Nc2c(C)cccc2C)SC1=Nc1ccccc1C. The number of amidine groups is 1. The van der Waals surface area contributed by atoms with E-state index < -0.39 is 5.25 Å². The van der Waals surface area contributed by atoms with Crippen molar-refractivity contribution in [2.75, 3.05) is 11.9 Å². The summed E-state index contributed by atoms with van der Waals surface area (Å²) in [6, 6.07) is 13.6. The van der Waals surface area contributed by atoms with Crippen LogP contribution in [0.15, 0.2) is 60.1 Å². The number of nitrogens with zero attached hydrogens (tertiary/aromatic N) is 2. The van der Waals surface area contributed by atoms with Gasteiger partial charge in [-0.2, -0.15) is 0 Å². The van der Waals surface area contributed by atoms with E-state index in [0.29, 0.717) is 11.7 Å². The lowest BCUT2D eigenvalue weighted by Gasteiger charge is -2.14. The molecule has 0 radical (unpaired) electrons. The number of benzene rings is 2. The number of aliphatic imine (C=N–C) groups is 1. The number of hydrogen-bond acceptors (Lipinski definition) is 4. The van der Waals surface area contributed by atoms with Gasteiger partial charge in [-0.3, -0.25) is 14.5 Å². The standard InChI is InChI=1S/C23H25N3O2S/c1-5-13-26-22(28)19(29-23(26)24-18-12-7-6-9-15(18)2)14-20(27)25-21-16(3)10-8-11-17(21)4/h5-12,19H,1,13-14H2,2-4H3,(H,25,27)/t19-/m1/s1. The highest BCUT2D eigenvalue weighted by Crippen LogP contribution is 2.32. The quantitative estimate of drug-likeness (QED) is 0.703. The number of hydrogen-bond donors (Lipinski definition) is 1. The van der Waals surface area contributed by atoms with Gasteiger partial charge in [0, 0.05) is 18.7 Å². The second-order valence-electron chi connectivity index (χ2n) is 7.04. The largest absolute Gasteiger partial charge is 0.326 e. The van der Waals surface area contributed by atoms with Crippen LogP contribution < -0.4 is 5.32 Å². The molecule has 2 aromatic rings. The summed E-state index contributed by atoms with van der Waals surface area (Å²) in [7, 11) is 0. The topological polar surface area (TPSA) is 61.8 Å². The summed E-state index contributed by atoms with van der Waals surface area (Å²) in [6.45, 7) is 10.00. The minimum atomic E-state index is -0.498. The Labute approximate surface area is 175 Å². The fourth-order valence-electron chi connectivity index (χ4n) is 3.18. The predicted octanol–water partition coefficient (Wildman–Crippen LogP) is 4.76. The van der Waals surface area contributed by atoms with E-state index >= 15 is 0 Å². The van der Waals surface area contributed by atoms with Crippen LogP contribution in [0, 0.1) is 20.8 Å². The van der Waals surface area contributed by atoms with E-state index in [1.54, 1.807) is 11.0 Å². The lowest BCUT2D eigenvalue weighted by atomic mass is 10.1. The summed E-state index contributed by atoms with van der Waals surface area (Å²) in [5.74, 6) is -0.289. The van der Waals surface area contributed by atoms with E-state index in [9.17, 15) is 9.59 Å². The van der Waals surface area contributed by atoms with Crippen molar-refractivity contribution in [3.63, 3.8) is 0 Å². The molecule has 2 amide bonds. The van der Waals surface area contributed by atoms with Crippen LogP contribution in [0.2, 0.25) is 0 Å². The van der Waals surface area contributed by atoms with E-state index in [4.69, 9.17) is 0 Å². The molecule has 0 unspecified atom stereocenters. The molecule has 1 N–H and O–H groups in total. The number of nitrogens with one attached hydrogen (secondary N) is 1. The third-order valence-corrected chi connectivity index (χ3v) is 5.95. The van der Waals surface area contributed by atoms with Gasteiger partial charge in [0.1, 0.15) is 5.25 Å². The van der Waals surface area contributed by atoms with Crippen LogP contribution in [0.4, 0.5) is 11.4 Å². The molecule has 2 aromatic carbocycles. The Hall–Kier alpha value is -2.86. The van der Waals surface area contributed by atoms with Gasteiger partial charge in [0.15, 0.2) is 5.17 Å². The Morgan fingerprint density at radius 3 is 2.45 bits per heavy atom. The number of thioether (sulfide) groups is 1. The monoisotopic (exact) mass is 407 g/mol. The summed E-state index contributed by atoms with van der Waals surface area (Å²) in [4.78, 5) is 31.8. The van der Waals surface area contributed by atoms with Crippen molar-refractivity contribution in [3.05, 3.63) is 71.8 Å². The molecule has 150 valence electrons. The van der Waals surface area contributed by atoms with Gasteiger partial charge in [0.05, 0.1) is 5.69 Å². The van der Waals surface area contributed by atoms with Crippen LogP contribution in [0.3, 0.4) is 0 Å². The molecule has 29 heavy (non-hydrogen) atoms. The van der Waals surface area contributed by atoms with Gasteiger partial charge >= 0.3 is 0 Å². The molecule has 1 heterocycles. The lowest BCUT2D eigenvalue weighted by Crippen LogP contribution is -2.33. The van der Waals surface area contributed by atoms with E-state index in [-0.39, 0.29) is 18.2 Å². The fraction of sp³-hybridized carbons (Fsp3) is 0.261. The Bertz CT molecular complexity index is 964. The van der Waals surface area contributed by atoms with Gasteiger partial charge in [0.25, 0.3) is 0 Å². The van der Waals surface area contributed by atoms with Gasteiger partial charge in [-0.25, -0.2) is 4.99 Å². The number of para-hydroxylation sites is 2. The average Bonchev–Trinajstić information content (AvgIpc) is 2.96. The highest BCUT2D eigenvalue weighted by atomic mass is 32.2. The zero-order valence-electron chi connectivity index (χ0n) is 16.9. The first-order valence-electron chi connectivity index (χ1n) is 9.50. The molecule has 0 bridgehead atoms. The van der Waals surface area contributed by atoms with Crippen LogP contribution in [0.1, 0.15) is 23.1 Å². The first-order valence-corrected chi connectivity index (χ1v) is 10.4. The maximum absolute atomic E-state index is 12.9. The number of carbonyl (C=O) groups excluding carboxylic acids is 2. The van der Waals surface area contributed by atoms with Crippen molar-refractivity contribution in [1.82, 2.24) is 4.90 Å². The van der Waals surface area contributed by atoms with Gasteiger partial charge in [-0.1, -0.05) is 54.2 Å². The Morgan fingerprint density at radius 1 is 1.14 bits per heavy atom. The van der Waals surface area contributed by atoms with E-state index in [2.05, 4.69) is 16.9 Å². The Kier molecular flexibility index (Phi) is 6.54. The summed E-state index contributed by atoms with van der Waals surface area (Å²) in [5.41, 5.74) is 4.66. The first-order chi connectivity index (χ1) is 13.9. The smallest absolute Gasteiger partial charge is 0.242 e. The van der Waals surface area contributed by atoms with Crippen molar-refractivity contribution < 1.29 is 9.59 Å². The Balaban J connectivity index is 1.78. The first kappa shape index (κ1) is 20.9. The molecule has 1 aliphatic rings. The van der Waals surface area contributed by atoms with Crippen molar-refractivity contribution in [3.8, 4) is 0 Å². The molecule has 1 aliphatic heterocycles. The molecule has 1 saturated heterocycles. The number of rotatable bonds is 6. The second-order valence-corrected chi connectivity index (χ2v) is 8.21. The highest BCUT2D eigenvalue weighted by Gasteiger charge is 2.38. The minimum Gasteiger partial charge on any atom is -0.326 e. The molecule has 0 spiro atoms. The van der Waals surface area contributed by atoms with E-state index in [1.165, 1.54) is 11.8 Å². The average molecular weight is 408 g/mol. The van der Waals surface area contributed by atoms with Crippen molar-refractivity contribution in [1.29, 1.82) is 0 Å². The molecule has 0 saturated carbocycles. The van der Waals surface area contributed by atoms with Crippen molar-refractivity contribution in [2.24, 2.45) is 4.99 Å². The summed E-state index contributed by atoms with van der Waals surface area (Å²) < 4.78 is 0. The molecular formula is C23H25N3O2S. The van der Waals surface area contributed by atoms with Crippen LogP contribution in [-0.4, -0.2) is 33.7 Å². The zero-order chi connectivity index (χ0) is 21.0. The third kappa shape index (κ3) is 4.77. The fourth-order valence-corrected chi connectivity index (χ4v) is 4.34. The predicted molar refractivity (Wildman–Crippen MR) is 121 cm³/mol. The third-order valence-electron chi connectivity index (χ3n) is 4.78. The summed E-state index contributed by atoms with van der Waals surface area (Å²) >= 11 is 1.34.